The van der Waals surface area contributed by atoms with Crippen LogP contribution in [0.3, 0.4) is 0 Å². The third kappa shape index (κ3) is 4.03. The first-order valence-corrected chi connectivity index (χ1v) is 10.1. The lowest BCUT2D eigenvalue weighted by Crippen LogP contribution is -2.46. The number of nitrogens with zero attached hydrogens (tertiary/aromatic N) is 1. The summed E-state index contributed by atoms with van der Waals surface area (Å²) < 4.78 is 51.5. The van der Waals surface area contributed by atoms with Crippen molar-refractivity contribution in [1.29, 1.82) is 0 Å². The molecule has 1 aliphatic heterocycles. The molecule has 21 heavy (non-hydrogen) atoms. The molecular weight excluding hydrogens is 312 g/mol. The van der Waals surface area contributed by atoms with E-state index in [-0.39, 0.29) is 6.04 Å². The van der Waals surface area contributed by atoms with E-state index in [0.717, 1.165) is 6.26 Å². The van der Waals surface area contributed by atoms with Crippen LogP contribution in [0.25, 0.3) is 0 Å². The SMILES string of the molecule is Cc1ccccc1S(=O)(=O)N1CCC(NS(C)(=O)=O)CC1. The molecule has 6 nitrogen and oxygen atoms in total. The van der Waals surface area contributed by atoms with Crippen molar-refractivity contribution in [2.45, 2.75) is 30.7 Å². The van der Waals surface area contributed by atoms with E-state index >= 15 is 0 Å². The van der Waals surface area contributed by atoms with Gasteiger partial charge >= 0.3 is 0 Å². The van der Waals surface area contributed by atoms with Crippen molar-refractivity contribution in [3.05, 3.63) is 29.8 Å². The number of benzene rings is 1. The van der Waals surface area contributed by atoms with Gasteiger partial charge in [-0.1, -0.05) is 18.2 Å². The molecule has 0 bridgehead atoms. The molecule has 0 amide bonds. The van der Waals surface area contributed by atoms with Crippen LogP contribution in [0, 0.1) is 6.92 Å². The van der Waals surface area contributed by atoms with Gasteiger partial charge in [-0.05, 0) is 31.4 Å². The predicted molar refractivity (Wildman–Crippen MR) is 80.9 cm³/mol. The second kappa shape index (κ2) is 6.04. The molecule has 1 heterocycles. The first-order valence-electron chi connectivity index (χ1n) is 6.73. The van der Waals surface area contributed by atoms with Gasteiger partial charge in [-0.25, -0.2) is 21.6 Å². The average Bonchev–Trinajstić information content (AvgIpc) is 2.37. The highest BCUT2D eigenvalue weighted by molar-refractivity contribution is 7.89. The Morgan fingerprint density at radius 3 is 2.19 bits per heavy atom. The van der Waals surface area contributed by atoms with E-state index in [1.54, 1.807) is 31.2 Å². The zero-order valence-electron chi connectivity index (χ0n) is 12.1. The Bertz CT molecular complexity index is 705. The average molecular weight is 332 g/mol. The molecule has 0 radical (unpaired) electrons. The van der Waals surface area contributed by atoms with Crippen LogP contribution in [0.4, 0.5) is 0 Å². The Morgan fingerprint density at radius 2 is 1.67 bits per heavy atom. The van der Waals surface area contributed by atoms with E-state index in [2.05, 4.69) is 4.72 Å². The fourth-order valence-corrected chi connectivity index (χ4v) is 5.04. The second-order valence-electron chi connectivity index (χ2n) is 5.33. The van der Waals surface area contributed by atoms with Crippen molar-refractivity contribution >= 4 is 20.0 Å². The molecule has 2 rings (SSSR count). The maximum atomic E-state index is 12.6. The summed E-state index contributed by atoms with van der Waals surface area (Å²) in [6.07, 6.45) is 2.08. The first-order chi connectivity index (χ1) is 9.70. The molecule has 1 aromatic carbocycles. The van der Waals surface area contributed by atoms with Crippen molar-refractivity contribution in [3.63, 3.8) is 0 Å². The van der Waals surface area contributed by atoms with Crippen molar-refractivity contribution in [2.24, 2.45) is 0 Å². The van der Waals surface area contributed by atoms with Crippen LogP contribution in [0.1, 0.15) is 18.4 Å². The topological polar surface area (TPSA) is 83.6 Å². The molecule has 1 saturated heterocycles. The summed E-state index contributed by atoms with van der Waals surface area (Å²) in [5.74, 6) is 0. The highest BCUT2D eigenvalue weighted by Gasteiger charge is 2.30. The number of rotatable bonds is 4. The third-order valence-corrected chi connectivity index (χ3v) is 6.37. The lowest BCUT2D eigenvalue weighted by Gasteiger charge is -2.31. The van der Waals surface area contributed by atoms with Crippen molar-refractivity contribution in [1.82, 2.24) is 9.03 Å². The summed E-state index contributed by atoms with van der Waals surface area (Å²) in [6, 6.07) is 6.69. The molecule has 1 N–H and O–H groups in total. The lowest BCUT2D eigenvalue weighted by atomic mass is 10.1. The van der Waals surface area contributed by atoms with Gasteiger partial charge in [0.05, 0.1) is 11.2 Å². The second-order valence-corrected chi connectivity index (χ2v) is 9.02. The number of piperidine rings is 1. The number of aryl methyl sites for hydroxylation is 1. The highest BCUT2D eigenvalue weighted by atomic mass is 32.2. The Kier molecular flexibility index (Phi) is 4.72. The molecule has 0 aliphatic carbocycles. The normalized spacial score (nSPS) is 18.8. The van der Waals surface area contributed by atoms with Crippen LogP contribution < -0.4 is 4.72 Å². The van der Waals surface area contributed by atoms with Crippen molar-refractivity contribution < 1.29 is 16.8 Å². The third-order valence-electron chi connectivity index (χ3n) is 3.55. The molecule has 1 aromatic rings. The van der Waals surface area contributed by atoms with Crippen LogP contribution in [-0.2, 0) is 20.0 Å². The Morgan fingerprint density at radius 1 is 1.10 bits per heavy atom. The maximum Gasteiger partial charge on any atom is 0.243 e. The summed E-state index contributed by atoms with van der Waals surface area (Å²) in [4.78, 5) is 0.319. The van der Waals surface area contributed by atoms with Crippen molar-refractivity contribution in [2.75, 3.05) is 19.3 Å². The van der Waals surface area contributed by atoms with Gasteiger partial charge < -0.3 is 0 Å². The monoisotopic (exact) mass is 332 g/mol. The number of hydrogen-bond donors (Lipinski definition) is 1. The summed E-state index contributed by atoms with van der Waals surface area (Å²) in [6.45, 7) is 2.42. The molecular formula is C13H20N2O4S2. The lowest BCUT2D eigenvalue weighted by molar-refractivity contribution is 0.308. The van der Waals surface area contributed by atoms with Crippen LogP contribution in [0.2, 0.25) is 0 Å². The Balaban J connectivity index is 2.10. The largest absolute Gasteiger partial charge is 0.243 e. The molecule has 0 spiro atoms. The molecule has 8 heteroatoms. The first kappa shape index (κ1) is 16.4. The van der Waals surface area contributed by atoms with Crippen molar-refractivity contribution in [3.8, 4) is 0 Å². The van der Waals surface area contributed by atoms with Gasteiger partial charge in [0, 0.05) is 19.1 Å². The predicted octanol–water partition coefficient (Wildman–Crippen LogP) is 0.697. The maximum absolute atomic E-state index is 12.6. The molecule has 1 aliphatic rings. The van der Waals surface area contributed by atoms with Crippen LogP contribution in [0.15, 0.2) is 29.2 Å². The van der Waals surface area contributed by atoms with Crippen LogP contribution in [0.5, 0.6) is 0 Å². The summed E-state index contributed by atoms with van der Waals surface area (Å²) in [5, 5.41) is 0. The smallest absolute Gasteiger partial charge is 0.213 e. The minimum absolute atomic E-state index is 0.191. The van der Waals surface area contributed by atoms with Gasteiger partial charge in [-0.3, -0.25) is 0 Å². The molecule has 0 saturated carbocycles. The fraction of sp³-hybridized carbons (Fsp3) is 0.538. The molecule has 0 aromatic heterocycles. The van der Waals surface area contributed by atoms with E-state index in [9.17, 15) is 16.8 Å². The summed E-state index contributed by atoms with van der Waals surface area (Å²) in [5.41, 5.74) is 0.717. The van der Waals surface area contributed by atoms with Gasteiger partial charge in [-0.2, -0.15) is 4.31 Å². The van der Waals surface area contributed by atoms with Crippen LogP contribution >= 0.6 is 0 Å². The Labute approximate surface area is 126 Å². The number of hydrogen-bond acceptors (Lipinski definition) is 4. The van der Waals surface area contributed by atoms with E-state index in [0.29, 0.717) is 36.4 Å². The van der Waals surface area contributed by atoms with Gasteiger partial charge in [0.15, 0.2) is 0 Å². The van der Waals surface area contributed by atoms with E-state index in [1.165, 1.54) is 4.31 Å². The molecule has 0 unspecified atom stereocenters. The van der Waals surface area contributed by atoms with E-state index in [4.69, 9.17) is 0 Å². The van der Waals surface area contributed by atoms with Gasteiger partial charge in [0.1, 0.15) is 0 Å². The Hall–Kier alpha value is -0.960. The summed E-state index contributed by atoms with van der Waals surface area (Å²) in [7, 11) is -6.76. The zero-order chi connectivity index (χ0) is 15.7. The molecule has 118 valence electrons. The molecule has 0 atom stereocenters. The minimum atomic E-state index is -3.50. The van der Waals surface area contributed by atoms with Crippen LogP contribution in [-0.4, -0.2) is 46.5 Å². The van der Waals surface area contributed by atoms with Gasteiger partial charge in [-0.15, -0.1) is 0 Å². The van der Waals surface area contributed by atoms with E-state index in [1.807, 2.05) is 0 Å². The van der Waals surface area contributed by atoms with Gasteiger partial charge in [0.25, 0.3) is 0 Å². The quantitative estimate of drug-likeness (QED) is 0.879. The summed E-state index contributed by atoms with van der Waals surface area (Å²) >= 11 is 0. The van der Waals surface area contributed by atoms with Gasteiger partial charge in [0.2, 0.25) is 20.0 Å². The minimum Gasteiger partial charge on any atom is -0.213 e. The fourth-order valence-electron chi connectivity index (χ4n) is 2.50. The highest BCUT2D eigenvalue weighted by Crippen LogP contribution is 2.23. The van der Waals surface area contributed by atoms with E-state index < -0.39 is 20.0 Å². The standard InChI is InChI=1S/C13H20N2O4S2/c1-11-5-3-4-6-13(11)21(18,19)15-9-7-12(8-10-15)14-20(2,16)17/h3-6,12,14H,7-10H2,1-2H3. The number of sulfonamides is 2. The zero-order valence-corrected chi connectivity index (χ0v) is 13.7. The number of nitrogens with one attached hydrogen (secondary N) is 1. The molecule has 1 fully saturated rings.